The number of halogens is 1. The van der Waals surface area contributed by atoms with Crippen LogP contribution in [0.25, 0.3) is 10.9 Å². The highest BCUT2D eigenvalue weighted by molar-refractivity contribution is 6.31. The molecule has 3 rings (SSSR count). The fraction of sp³-hybridized carbons (Fsp3) is 0.211. The zero-order valence-electron chi connectivity index (χ0n) is 15.0. The molecule has 0 aliphatic heterocycles. The van der Waals surface area contributed by atoms with Gasteiger partial charge in [-0.25, -0.2) is 4.79 Å². The van der Waals surface area contributed by atoms with Crippen LogP contribution in [0.4, 0.5) is 0 Å². The summed E-state index contributed by atoms with van der Waals surface area (Å²) in [4.78, 5) is 27.4. The molecule has 140 valence electrons. The quantitative estimate of drug-likeness (QED) is 0.682. The molecular formula is C19H18ClN3O4. The molecule has 0 bridgehead atoms. The van der Waals surface area contributed by atoms with E-state index in [0.717, 1.165) is 4.68 Å². The number of ether oxygens (including phenoxy) is 2. The second-order valence-corrected chi connectivity index (χ2v) is 6.47. The van der Waals surface area contributed by atoms with Crippen molar-refractivity contribution in [2.75, 3.05) is 7.11 Å². The van der Waals surface area contributed by atoms with Crippen LogP contribution in [0, 0.1) is 0 Å². The third-order valence-corrected chi connectivity index (χ3v) is 3.94. The van der Waals surface area contributed by atoms with Gasteiger partial charge >= 0.3 is 5.69 Å². The van der Waals surface area contributed by atoms with Crippen molar-refractivity contribution in [3.05, 3.63) is 67.8 Å². The van der Waals surface area contributed by atoms with Crippen LogP contribution >= 0.6 is 11.6 Å². The number of H-pyrrole nitrogens is 1. The maximum absolute atomic E-state index is 12.6. The summed E-state index contributed by atoms with van der Waals surface area (Å²) in [5, 5.41) is 4.82. The number of fused-ring (bicyclic) bond motifs is 1. The van der Waals surface area contributed by atoms with Gasteiger partial charge in [0.1, 0.15) is 0 Å². The van der Waals surface area contributed by atoms with Gasteiger partial charge in [0.25, 0.3) is 5.56 Å². The van der Waals surface area contributed by atoms with Crippen LogP contribution in [0.5, 0.6) is 11.5 Å². The first-order valence-corrected chi connectivity index (χ1v) is 8.61. The van der Waals surface area contributed by atoms with E-state index in [-0.39, 0.29) is 6.10 Å². The molecule has 0 radical (unpaired) electrons. The first-order valence-electron chi connectivity index (χ1n) is 8.23. The van der Waals surface area contributed by atoms with E-state index in [1.54, 1.807) is 36.4 Å². The second kappa shape index (κ2) is 7.67. The largest absolute Gasteiger partial charge is 0.493 e. The Balaban J connectivity index is 2.14. The summed E-state index contributed by atoms with van der Waals surface area (Å²) in [6.45, 7) is 3.74. The van der Waals surface area contributed by atoms with Crippen molar-refractivity contribution in [1.29, 1.82) is 0 Å². The first kappa shape index (κ1) is 18.7. The van der Waals surface area contributed by atoms with Gasteiger partial charge in [-0.05, 0) is 32.0 Å². The molecule has 7 nitrogen and oxygen atoms in total. The molecule has 1 aromatic heterocycles. The Kier molecular flexibility index (Phi) is 5.32. The SMILES string of the molecule is COc1cc(Cl)cc(C=Nn2c(=O)[nH]c3ccccc3c2=O)c1OC(C)C. The first-order chi connectivity index (χ1) is 12.9. The molecule has 0 aliphatic carbocycles. The number of hydrogen-bond acceptors (Lipinski definition) is 5. The van der Waals surface area contributed by atoms with E-state index in [9.17, 15) is 9.59 Å². The van der Waals surface area contributed by atoms with E-state index in [2.05, 4.69) is 10.1 Å². The minimum atomic E-state index is -0.643. The smallest absolute Gasteiger partial charge is 0.349 e. The van der Waals surface area contributed by atoms with E-state index in [1.807, 2.05) is 13.8 Å². The van der Waals surface area contributed by atoms with Gasteiger partial charge in [0.2, 0.25) is 0 Å². The van der Waals surface area contributed by atoms with E-state index in [0.29, 0.717) is 33.0 Å². The van der Waals surface area contributed by atoms with Crippen molar-refractivity contribution < 1.29 is 9.47 Å². The molecule has 8 heteroatoms. The zero-order chi connectivity index (χ0) is 19.6. The molecular weight excluding hydrogens is 370 g/mol. The lowest BCUT2D eigenvalue weighted by atomic mass is 10.2. The number of aromatic nitrogens is 2. The molecule has 0 aliphatic rings. The Morgan fingerprint density at radius 3 is 2.67 bits per heavy atom. The Bertz CT molecular complexity index is 1130. The molecule has 1 N–H and O–H groups in total. The predicted octanol–water partition coefficient (Wildman–Crippen LogP) is 3.02. The van der Waals surface area contributed by atoms with E-state index >= 15 is 0 Å². The summed E-state index contributed by atoms with van der Waals surface area (Å²) in [5.74, 6) is 0.850. The standard InChI is InChI=1S/C19H18ClN3O4/c1-11(2)27-17-12(8-13(20)9-16(17)26-3)10-21-23-18(24)14-6-4-5-7-15(14)22-19(23)25/h4-11H,1-3H3,(H,22,25). The highest BCUT2D eigenvalue weighted by Crippen LogP contribution is 2.34. The maximum Gasteiger partial charge on any atom is 0.349 e. The van der Waals surface area contributed by atoms with Gasteiger partial charge in [0.15, 0.2) is 11.5 Å². The number of para-hydroxylation sites is 1. The van der Waals surface area contributed by atoms with Gasteiger partial charge in [-0.3, -0.25) is 4.79 Å². The van der Waals surface area contributed by atoms with Crippen molar-refractivity contribution in [2.45, 2.75) is 20.0 Å². The normalized spacial score (nSPS) is 11.4. The van der Waals surface area contributed by atoms with Crippen LogP contribution in [0.3, 0.4) is 0 Å². The molecule has 0 atom stereocenters. The topological polar surface area (TPSA) is 85.7 Å². The zero-order valence-corrected chi connectivity index (χ0v) is 15.8. The third-order valence-electron chi connectivity index (χ3n) is 3.72. The van der Waals surface area contributed by atoms with Crippen molar-refractivity contribution >= 4 is 28.7 Å². The lowest BCUT2D eigenvalue weighted by molar-refractivity contribution is 0.230. The number of nitrogens with one attached hydrogen (secondary N) is 1. The fourth-order valence-corrected chi connectivity index (χ4v) is 2.79. The number of aromatic amines is 1. The van der Waals surface area contributed by atoms with E-state index in [4.69, 9.17) is 21.1 Å². The molecule has 27 heavy (non-hydrogen) atoms. The molecule has 0 spiro atoms. The van der Waals surface area contributed by atoms with Gasteiger partial charge in [0, 0.05) is 16.7 Å². The summed E-state index contributed by atoms with van der Waals surface area (Å²) in [7, 11) is 1.50. The molecule has 0 amide bonds. The van der Waals surface area contributed by atoms with Gasteiger partial charge in [-0.2, -0.15) is 5.10 Å². The van der Waals surface area contributed by atoms with Crippen molar-refractivity contribution in [2.24, 2.45) is 5.10 Å². The third kappa shape index (κ3) is 3.88. The van der Waals surface area contributed by atoms with Crippen LogP contribution in [-0.4, -0.2) is 29.1 Å². The summed E-state index contributed by atoms with van der Waals surface area (Å²) in [5.41, 5.74) is -0.235. The predicted molar refractivity (Wildman–Crippen MR) is 106 cm³/mol. The minimum Gasteiger partial charge on any atom is -0.493 e. The Morgan fingerprint density at radius 2 is 1.96 bits per heavy atom. The lowest BCUT2D eigenvalue weighted by Crippen LogP contribution is -2.32. The number of hydrogen-bond donors (Lipinski definition) is 1. The van der Waals surface area contributed by atoms with Crippen molar-refractivity contribution in [3.8, 4) is 11.5 Å². The Hall–Kier alpha value is -3.06. The van der Waals surface area contributed by atoms with E-state index in [1.165, 1.54) is 13.3 Å². The van der Waals surface area contributed by atoms with Crippen LogP contribution in [0.2, 0.25) is 5.02 Å². The Morgan fingerprint density at radius 1 is 1.22 bits per heavy atom. The fourth-order valence-electron chi connectivity index (χ4n) is 2.58. The van der Waals surface area contributed by atoms with Gasteiger partial charge in [-0.15, -0.1) is 4.68 Å². The van der Waals surface area contributed by atoms with Gasteiger partial charge in [0.05, 0.1) is 30.3 Å². The molecule has 0 saturated heterocycles. The average Bonchev–Trinajstić information content (AvgIpc) is 2.62. The van der Waals surface area contributed by atoms with E-state index < -0.39 is 11.2 Å². The number of methoxy groups -OCH3 is 1. The van der Waals surface area contributed by atoms with Crippen LogP contribution in [-0.2, 0) is 0 Å². The molecule has 0 fully saturated rings. The number of nitrogens with zero attached hydrogens (tertiary/aromatic N) is 2. The summed E-state index contributed by atoms with van der Waals surface area (Å²) in [6, 6.07) is 9.96. The van der Waals surface area contributed by atoms with Crippen LogP contribution < -0.4 is 20.7 Å². The van der Waals surface area contributed by atoms with Crippen molar-refractivity contribution in [3.63, 3.8) is 0 Å². The minimum absolute atomic E-state index is 0.126. The van der Waals surface area contributed by atoms with Gasteiger partial charge < -0.3 is 14.5 Å². The van der Waals surface area contributed by atoms with Crippen molar-refractivity contribution in [1.82, 2.24) is 9.66 Å². The molecule has 0 saturated carbocycles. The monoisotopic (exact) mass is 387 g/mol. The van der Waals surface area contributed by atoms with Crippen LogP contribution in [0.15, 0.2) is 51.1 Å². The molecule has 1 heterocycles. The maximum atomic E-state index is 12.6. The average molecular weight is 388 g/mol. The lowest BCUT2D eigenvalue weighted by Gasteiger charge is -2.16. The summed E-state index contributed by atoms with van der Waals surface area (Å²) >= 11 is 6.13. The summed E-state index contributed by atoms with van der Waals surface area (Å²) < 4.78 is 11.9. The molecule has 2 aromatic carbocycles. The van der Waals surface area contributed by atoms with Gasteiger partial charge in [-0.1, -0.05) is 23.7 Å². The highest BCUT2D eigenvalue weighted by Gasteiger charge is 2.14. The number of rotatable bonds is 5. The highest BCUT2D eigenvalue weighted by atomic mass is 35.5. The van der Waals surface area contributed by atoms with Crippen LogP contribution in [0.1, 0.15) is 19.4 Å². The molecule has 3 aromatic rings. The Labute approximate surface area is 159 Å². The summed E-state index contributed by atoms with van der Waals surface area (Å²) in [6.07, 6.45) is 1.22. The number of benzene rings is 2. The second-order valence-electron chi connectivity index (χ2n) is 6.03. The molecule has 0 unspecified atom stereocenters.